The first-order valence-corrected chi connectivity index (χ1v) is 8.79. The van der Waals surface area contributed by atoms with Crippen molar-refractivity contribution < 1.29 is 14.4 Å². The third-order valence-corrected chi connectivity index (χ3v) is 3.90. The molecule has 3 aromatic rings. The summed E-state index contributed by atoms with van der Waals surface area (Å²) in [5.74, 6) is -0.844. The van der Waals surface area contributed by atoms with E-state index in [0.29, 0.717) is 12.0 Å². The molecule has 0 saturated heterocycles. The van der Waals surface area contributed by atoms with Gasteiger partial charge in [0.2, 0.25) is 5.91 Å². The second-order valence-corrected chi connectivity index (χ2v) is 6.01. The topological polar surface area (TPSA) is 89.3 Å². The van der Waals surface area contributed by atoms with Gasteiger partial charge < -0.3 is 11.1 Å². The quantitative estimate of drug-likeness (QED) is 0.650. The molecule has 0 heterocycles. The number of nitrogens with one attached hydrogen (secondary N) is 1. The van der Waals surface area contributed by atoms with E-state index in [9.17, 15) is 14.4 Å². The number of hydrogen-bond donors (Lipinski definition) is 2. The molecule has 0 saturated carbocycles. The van der Waals surface area contributed by atoms with Gasteiger partial charge in [0.05, 0.1) is 0 Å². The fourth-order valence-electron chi connectivity index (χ4n) is 2.44. The van der Waals surface area contributed by atoms with E-state index in [2.05, 4.69) is 5.32 Å². The van der Waals surface area contributed by atoms with Gasteiger partial charge in [-0.05, 0) is 17.7 Å². The summed E-state index contributed by atoms with van der Waals surface area (Å²) in [6.07, 6.45) is 1.22. The lowest BCUT2D eigenvalue weighted by molar-refractivity contribution is -0.119. The Balaban J connectivity index is 0.000000292. The van der Waals surface area contributed by atoms with Crippen LogP contribution in [-0.2, 0) is 11.2 Å². The maximum atomic E-state index is 12.0. The number of carbonyl (C=O) groups excluding carboxylic acids is 3. The summed E-state index contributed by atoms with van der Waals surface area (Å²) in [5, 5.41) is 2.67. The van der Waals surface area contributed by atoms with Gasteiger partial charge in [0.1, 0.15) is 12.3 Å². The average Bonchev–Trinajstić information content (AvgIpc) is 2.75. The molecular formula is C23H22N2O3. The van der Waals surface area contributed by atoms with Crippen LogP contribution in [0, 0.1) is 0 Å². The van der Waals surface area contributed by atoms with Gasteiger partial charge in [0.25, 0.3) is 5.91 Å². The van der Waals surface area contributed by atoms with Crippen molar-refractivity contribution in [1.82, 2.24) is 5.32 Å². The van der Waals surface area contributed by atoms with Crippen LogP contribution in [-0.4, -0.2) is 24.1 Å². The zero-order valence-electron chi connectivity index (χ0n) is 15.3. The summed E-state index contributed by atoms with van der Waals surface area (Å²) >= 11 is 0. The number of primary amides is 1. The van der Waals surface area contributed by atoms with Gasteiger partial charge in [-0.3, -0.25) is 14.4 Å². The number of nitrogens with two attached hydrogens (primary N) is 1. The molecule has 5 nitrogen and oxygen atoms in total. The molecule has 0 aliphatic carbocycles. The molecule has 3 N–H and O–H groups in total. The highest BCUT2D eigenvalue weighted by atomic mass is 16.2. The molecule has 0 bridgehead atoms. The van der Waals surface area contributed by atoms with Crippen LogP contribution < -0.4 is 11.1 Å². The maximum Gasteiger partial charge on any atom is 0.251 e. The standard InChI is InChI=1S/C16H16N2O2.C7H6O/c17-15(19)14(11-12-7-3-1-4-8-12)18-16(20)13-9-5-2-6-10-13;8-6-7-4-2-1-3-5-7/h1-10,14H,11H2,(H2,17,19)(H,18,20);1-6H. The van der Waals surface area contributed by atoms with Crippen molar-refractivity contribution in [1.29, 1.82) is 0 Å². The molecule has 5 heteroatoms. The first kappa shape index (κ1) is 20.6. The predicted octanol–water partition coefficient (Wildman–Crippen LogP) is 3.01. The highest BCUT2D eigenvalue weighted by Gasteiger charge is 2.19. The molecule has 0 aliphatic heterocycles. The summed E-state index contributed by atoms with van der Waals surface area (Å²) < 4.78 is 0. The van der Waals surface area contributed by atoms with Crippen molar-refractivity contribution in [3.8, 4) is 0 Å². The fraction of sp³-hybridized carbons (Fsp3) is 0.0870. The largest absolute Gasteiger partial charge is 0.368 e. The number of aldehydes is 1. The zero-order valence-corrected chi connectivity index (χ0v) is 15.3. The molecule has 1 atom stereocenters. The van der Waals surface area contributed by atoms with E-state index in [0.717, 1.165) is 17.4 Å². The molecular weight excluding hydrogens is 352 g/mol. The van der Waals surface area contributed by atoms with E-state index in [1.54, 1.807) is 36.4 Å². The molecule has 0 spiro atoms. The monoisotopic (exact) mass is 374 g/mol. The fourth-order valence-corrected chi connectivity index (χ4v) is 2.44. The van der Waals surface area contributed by atoms with Crippen molar-refractivity contribution in [2.45, 2.75) is 12.5 Å². The Labute approximate surface area is 164 Å². The normalized spacial score (nSPS) is 10.7. The van der Waals surface area contributed by atoms with E-state index >= 15 is 0 Å². The summed E-state index contributed by atoms with van der Waals surface area (Å²) in [6.45, 7) is 0. The molecule has 0 aromatic heterocycles. The number of rotatable bonds is 6. The van der Waals surface area contributed by atoms with Crippen LogP contribution in [0.15, 0.2) is 91.0 Å². The van der Waals surface area contributed by atoms with Gasteiger partial charge in [-0.25, -0.2) is 0 Å². The minimum Gasteiger partial charge on any atom is -0.368 e. The van der Waals surface area contributed by atoms with Crippen molar-refractivity contribution in [3.05, 3.63) is 108 Å². The van der Waals surface area contributed by atoms with Crippen molar-refractivity contribution in [2.75, 3.05) is 0 Å². The summed E-state index contributed by atoms with van der Waals surface area (Å²) in [6, 6.07) is 26.6. The Morgan fingerprint density at radius 1 is 0.821 bits per heavy atom. The number of hydrogen-bond acceptors (Lipinski definition) is 3. The van der Waals surface area contributed by atoms with Crippen LogP contribution in [0.2, 0.25) is 0 Å². The third-order valence-electron chi connectivity index (χ3n) is 3.90. The van der Waals surface area contributed by atoms with Crippen LogP contribution in [0.3, 0.4) is 0 Å². The number of carbonyl (C=O) groups is 3. The Morgan fingerprint density at radius 2 is 1.32 bits per heavy atom. The van der Waals surface area contributed by atoms with Crippen LogP contribution in [0.5, 0.6) is 0 Å². The van der Waals surface area contributed by atoms with Crippen LogP contribution in [0.1, 0.15) is 26.3 Å². The molecule has 1 unspecified atom stereocenters. The van der Waals surface area contributed by atoms with Gasteiger partial charge in [-0.2, -0.15) is 0 Å². The van der Waals surface area contributed by atoms with Gasteiger partial charge in [0, 0.05) is 17.5 Å². The molecule has 2 amide bonds. The summed E-state index contributed by atoms with van der Waals surface area (Å²) in [7, 11) is 0. The highest BCUT2D eigenvalue weighted by Crippen LogP contribution is 2.05. The van der Waals surface area contributed by atoms with E-state index in [1.165, 1.54) is 0 Å². The molecule has 0 fully saturated rings. The molecule has 0 aliphatic rings. The van der Waals surface area contributed by atoms with Gasteiger partial charge in [-0.15, -0.1) is 0 Å². The third kappa shape index (κ3) is 6.88. The molecule has 3 rings (SSSR count). The van der Waals surface area contributed by atoms with Crippen molar-refractivity contribution in [2.24, 2.45) is 5.73 Å². The van der Waals surface area contributed by atoms with Crippen molar-refractivity contribution >= 4 is 18.1 Å². The first-order chi connectivity index (χ1) is 13.6. The average molecular weight is 374 g/mol. The minimum atomic E-state index is -0.717. The van der Waals surface area contributed by atoms with Gasteiger partial charge in [-0.1, -0.05) is 78.9 Å². The molecule has 3 aromatic carbocycles. The Hall–Kier alpha value is -3.73. The maximum absolute atomic E-state index is 12.0. The lowest BCUT2D eigenvalue weighted by Crippen LogP contribution is -2.45. The smallest absolute Gasteiger partial charge is 0.251 e. The zero-order chi connectivity index (χ0) is 20.2. The van der Waals surface area contributed by atoms with Gasteiger partial charge in [0.15, 0.2) is 0 Å². The molecule has 0 radical (unpaired) electrons. The Morgan fingerprint density at radius 3 is 1.79 bits per heavy atom. The summed E-state index contributed by atoms with van der Waals surface area (Å²) in [5.41, 5.74) is 7.54. The second-order valence-electron chi connectivity index (χ2n) is 6.01. The van der Waals surface area contributed by atoms with Crippen LogP contribution in [0.25, 0.3) is 0 Å². The second kappa shape index (κ2) is 11.1. The lowest BCUT2D eigenvalue weighted by Gasteiger charge is -2.15. The SMILES string of the molecule is NC(=O)C(Cc1ccccc1)NC(=O)c1ccccc1.O=Cc1ccccc1. The minimum absolute atomic E-state index is 0.301. The molecule has 142 valence electrons. The number of amides is 2. The molecule has 28 heavy (non-hydrogen) atoms. The van der Waals surface area contributed by atoms with Crippen molar-refractivity contribution in [3.63, 3.8) is 0 Å². The van der Waals surface area contributed by atoms with E-state index < -0.39 is 11.9 Å². The Kier molecular flexibility index (Phi) is 8.15. The first-order valence-electron chi connectivity index (χ1n) is 8.79. The van der Waals surface area contributed by atoms with Gasteiger partial charge >= 0.3 is 0 Å². The Bertz CT molecular complexity index is 881. The van der Waals surface area contributed by atoms with E-state index in [1.807, 2.05) is 54.6 Å². The number of benzene rings is 3. The van der Waals surface area contributed by atoms with E-state index in [-0.39, 0.29) is 5.91 Å². The summed E-state index contributed by atoms with van der Waals surface area (Å²) in [4.78, 5) is 33.5. The van der Waals surface area contributed by atoms with E-state index in [4.69, 9.17) is 5.73 Å². The van der Waals surface area contributed by atoms with Crippen LogP contribution >= 0.6 is 0 Å². The lowest BCUT2D eigenvalue weighted by atomic mass is 10.0. The van der Waals surface area contributed by atoms with Crippen LogP contribution in [0.4, 0.5) is 0 Å². The predicted molar refractivity (Wildman–Crippen MR) is 109 cm³/mol. The highest BCUT2D eigenvalue weighted by molar-refractivity contribution is 5.97.